The van der Waals surface area contributed by atoms with Gasteiger partial charge in [-0.3, -0.25) is 4.79 Å². The number of aliphatic carboxylic acids is 1. The molecule has 3 aliphatic rings. The molecule has 3 aliphatic carbocycles. The zero-order valence-corrected chi connectivity index (χ0v) is 13.1. The van der Waals surface area contributed by atoms with Gasteiger partial charge in [0.05, 0.1) is 5.92 Å². The molecular formula is C18H28O2. The lowest BCUT2D eigenvalue weighted by Crippen LogP contribution is -2.47. The first-order valence-corrected chi connectivity index (χ1v) is 8.29. The Kier molecular flexibility index (Phi) is 3.26. The van der Waals surface area contributed by atoms with Crippen LogP contribution in [0.25, 0.3) is 0 Å². The van der Waals surface area contributed by atoms with Crippen molar-refractivity contribution in [2.24, 2.45) is 34.5 Å². The van der Waals surface area contributed by atoms with E-state index in [4.69, 9.17) is 0 Å². The number of allylic oxidation sites excluding steroid dienone is 2. The Morgan fingerprint density at radius 1 is 1.25 bits per heavy atom. The van der Waals surface area contributed by atoms with Gasteiger partial charge in [-0.15, -0.1) is 0 Å². The van der Waals surface area contributed by atoms with Crippen LogP contribution >= 0.6 is 0 Å². The van der Waals surface area contributed by atoms with Crippen LogP contribution in [0.15, 0.2) is 12.2 Å². The number of carboxylic acid groups (broad SMARTS) is 1. The molecule has 3 rings (SSSR count). The van der Waals surface area contributed by atoms with Gasteiger partial charge < -0.3 is 5.11 Å². The maximum Gasteiger partial charge on any atom is 0.307 e. The molecule has 0 saturated heterocycles. The fraction of sp³-hybridized carbons (Fsp3) is 0.833. The monoisotopic (exact) mass is 276 g/mol. The SMILES string of the molecule is CC1CCC(C(C)(C)C23C=CC(CC2C(=O)O)C3)CC1. The van der Waals surface area contributed by atoms with Gasteiger partial charge in [-0.1, -0.05) is 45.8 Å². The number of carboxylic acids is 1. The van der Waals surface area contributed by atoms with E-state index in [1.807, 2.05) is 0 Å². The molecule has 0 aliphatic heterocycles. The minimum Gasteiger partial charge on any atom is -0.481 e. The largest absolute Gasteiger partial charge is 0.481 e. The van der Waals surface area contributed by atoms with Gasteiger partial charge in [0.15, 0.2) is 0 Å². The third kappa shape index (κ3) is 1.87. The van der Waals surface area contributed by atoms with Crippen molar-refractivity contribution >= 4 is 5.97 Å². The number of carbonyl (C=O) groups is 1. The Morgan fingerprint density at radius 3 is 2.45 bits per heavy atom. The Labute approximate surface area is 122 Å². The predicted molar refractivity (Wildman–Crippen MR) is 80.3 cm³/mol. The lowest BCUT2D eigenvalue weighted by Gasteiger charge is -2.51. The molecule has 2 nitrogen and oxygen atoms in total. The normalized spacial score (nSPS) is 44.0. The van der Waals surface area contributed by atoms with Crippen molar-refractivity contribution in [2.75, 3.05) is 0 Å². The van der Waals surface area contributed by atoms with Crippen LogP contribution in [0.3, 0.4) is 0 Å². The molecule has 0 radical (unpaired) electrons. The van der Waals surface area contributed by atoms with E-state index in [-0.39, 0.29) is 16.7 Å². The Balaban J connectivity index is 1.89. The van der Waals surface area contributed by atoms with Crippen LogP contribution in [0.1, 0.15) is 59.3 Å². The molecule has 0 aromatic heterocycles. The average Bonchev–Trinajstić information content (AvgIpc) is 2.98. The van der Waals surface area contributed by atoms with Crippen molar-refractivity contribution in [1.82, 2.24) is 0 Å². The highest BCUT2D eigenvalue weighted by Gasteiger charge is 2.61. The van der Waals surface area contributed by atoms with Crippen molar-refractivity contribution in [3.05, 3.63) is 12.2 Å². The molecule has 2 bridgehead atoms. The van der Waals surface area contributed by atoms with E-state index in [0.29, 0.717) is 11.8 Å². The van der Waals surface area contributed by atoms with Crippen LogP contribution < -0.4 is 0 Å². The van der Waals surface area contributed by atoms with Crippen LogP contribution in [0.2, 0.25) is 0 Å². The fourth-order valence-electron chi connectivity index (χ4n) is 5.42. The van der Waals surface area contributed by atoms with E-state index in [2.05, 4.69) is 32.9 Å². The van der Waals surface area contributed by atoms with Gasteiger partial charge in [-0.2, -0.15) is 0 Å². The molecule has 3 atom stereocenters. The number of hydrogen-bond donors (Lipinski definition) is 1. The topological polar surface area (TPSA) is 37.3 Å². The summed E-state index contributed by atoms with van der Waals surface area (Å²) in [7, 11) is 0. The fourth-order valence-corrected chi connectivity index (χ4v) is 5.42. The van der Waals surface area contributed by atoms with Gasteiger partial charge in [-0.05, 0) is 48.9 Å². The molecule has 2 heteroatoms. The summed E-state index contributed by atoms with van der Waals surface area (Å²) < 4.78 is 0. The summed E-state index contributed by atoms with van der Waals surface area (Å²) in [5, 5.41) is 9.67. The molecule has 1 N–H and O–H groups in total. The van der Waals surface area contributed by atoms with Crippen LogP contribution in [0.5, 0.6) is 0 Å². The zero-order valence-electron chi connectivity index (χ0n) is 13.1. The number of fused-ring (bicyclic) bond motifs is 2. The summed E-state index contributed by atoms with van der Waals surface area (Å²) in [6.07, 6.45) is 11.7. The Morgan fingerprint density at radius 2 is 1.90 bits per heavy atom. The van der Waals surface area contributed by atoms with Gasteiger partial charge in [-0.25, -0.2) is 0 Å². The first-order valence-electron chi connectivity index (χ1n) is 8.29. The van der Waals surface area contributed by atoms with Crippen LogP contribution in [-0.4, -0.2) is 11.1 Å². The van der Waals surface area contributed by atoms with Crippen LogP contribution in [-0.2, 0) is 4.79 Å². The highest BCUT2D eigenvalue weighted by atomic mass is 16.4. The van der Waals surface area contributed by atoms with Crippen LogP contribution in [0.4, 0.5) is 0 Å². The third-order valence-electron chi connectivity index (χ3n) is 6.96. The van der Waals surface area contributed by atoms with Gasteiger partial charge >= 0.3 is 5.97 Å². The second-order valence-corrected chi connectivity index (χ2v) is 8.17. The molecule has 20 heavy (non-hydrogen) atoms. The maximum atomic E-state index is 11.7. The molecule has 0 aromatic carbocycles. The molecule has 0 heterocycles. The summed E-state index contributed by atoms with van der Waals surface area (Å²) in [5.41, 5.74) is 0.0205. The van der Waals surface area contributed by atoms with Crippen molar-refractivity contribution in [1.29, 1.82) is 0 Å². The summed E-state index contributed by atoms with van der Waals surface area (Å²) >= 11 is 0. The Bertz CT molecular complexity index is 429. The quantitative estimate of drug-likeness (QED) is 0.770. The maximum absolute atomic E-state index is 11.7. The summed E-state index contributed by atoms with van der Waals surface area (Å²) in [6.45, 7) is 7.05. The van der Waals surface area contributed by atoms with Crippen molar-refractivity contribution in [3.63, 3.8) is 0 Å². The Hall–Kier alpha value is -0.790. The summed E-state index contributed by atoms with van der Waals surface area (Å²) in [6, 6.07) is 0. The molecular weight excluding hydrogens is 248 g/mol. The molecule has 0 spiro atoms. The van der Waals surface area contributed by atoms with Gasteiger partial charge in [0.25, 0.3) is 0 Å². The van der Waals surface area contributed by atoms with Crippen molar-refractivity contribution in [3.8, 4) is 0 Å². The average molecular weight is 276 g/mol. The third-order valence-corrected chi connectivity index (χ3v) is 6.96. The molecule has 0 aromatic rings. The first-order chi connectivity index (χ1) is 9.37. The molecule has 0 amide bonds. The van der Waals surface area contributed by atoms with E-state index in [9.17, 15) is 9.90 Å². The smallest absolute Gasteiger partial charge is 0.307 e. The van der Waals surface area contributed by atoms with E-state index in [1.54, 1.807) is 0 Å². The molecule has 2 fully saturated rings. The van der Waals surface area contributed by atoms with E-state index in [1.165, 1.54) is 25.7 Å². The van der Waals surface area contributed by atoms with Gasteiger partial charge in [0, 0.05) is 5.41 Å². The predicted octanol–water partition coefficient (Wildman–Crippen LogP) is 4.51. The lowest BCUT2D eigenvalue weighted by molar-refractivity contribution is -0.149. The molecule has 2 saturated carbocycles. The first kappa shape index (κ1) is 14.2. The second-order valence-electron chi connectivity index (χ2n) is 8.17. The highest BCUT2D eigenvalue weighted by molar-refractivity contribution is 5.73. The van der Waals surface area contributed by atoms with Gasteiger partial charge in [0.1, 0.15) is 0 Å². The van der Waals surface area contributed by atoms with E-state index >= 15 is 0 Å². The van der Waals surface area contributed by atoms with Crippen molar-refractivity contribution < 1.29 is 9.90 Å². The summed E-state index contributed by atoms with van der Waals surface area (Å²) in [5.74, 6) is 1.31. The second kappa shape index (κ2) is 4.61. The summed E-state index contributed by atoms with van der Waals surface area (Å²) in [4.78, 5) is 11.7. The molecule has 3 unspecified atom stereocenters. The zero-order chi connectivity index (χ0) is 14.5. The minimum atomic E-state index is -0.575. The standard InChI is InChI=1S/C18H28O2/c1-12-4-6-14(7-5-12)17(2,3)18-9-8-13(11-18)10-15(18)16(19)20/h8-9,12-15H,4-7,10-11H2,1-3H3,(H,19,20). The van der Waals surface area contributed by atoms with E-state index < -0.39 is 5.97 Å². The van der Waals surface area contributed by atoms with Crippen molar-refractivity contribution in [2.45, 2.75) is 59.3 Å². The highest BCUT2D eigenvalue weighted by Crippen LogP contribution is 2.65. The minimum absolute atomic E-state index is 0.0885. The van der Waals surface area contributed by atoms with Gasteiger partial charge in [0.2, 0.25) is 0 Å². The van der Waals surface area contributed by atoms with Crippen LogP contribution in [0, 0.1) is 34.5 Å². The van der Waals surface area contributed by atoms with E-state index in [0.717, 1.165) is 18.8 Å². The number of hydrogen-bond acceptors (Lipinski definition) is 1. The molecule has 112 valence electrons. The number of rotatable bonds is 3. The lowest BCUT2D eigenvalue weighted by atomic mass is 9.53.